The molecule has 0 aliphatic rings. The molecule has 0 fully saturated rings. The van der Waals surface area contributed by atoms with Crippen LogP contribution in [-0.2, 0) is 6.54 Å². The van der Waals surface area contributed by atoms with Crippen molar-refractivity contribution in [3.63, 3.8) is 0 Å². The number of aryl methyl sites for hydroxylation is 2. The molecule has 2 aromatic rings. The molecule has 1 unspecified atom stereocenters. The van der Waals surface area contributed by atoms with Gasteiger partial charge in [0.1, 0.15) is 5.75 Å². The van der Waals surface area contributed by atoms with Crippen LogP contribution in [0, 0.1) is 20.8 Å². The average Bonchev–Trinajstić information content (AvgIpc) is 2.48. The Morgan fingerprint density at radius 3 is 2.57 bits per heavy atom. The zero-order chi connectivity index (χ0) is 15.4. The summed E-state index contributed by atoms with van der Waals surface area (Å²) in [5.41, 5.74) is 6.53. The van der Waals surface area contributed by atoms with Gasteiger partial charge in [-0.05, 0) is 50.5 Å². The molecule has 2 aromatic carbocycles. The molecule has 2 rings (SSSR count). The average molecular weight is 283 g/mol. The Hall–Kier alpha value is -1.80. The maximum atomic E-state index is 5.48. The molecule has 0 bridgehead atoms. The molecule has 21 heavy (non-hydrogen) atoms. The minimum atomic E-state index is 0.250. The van der Waals surface area contributed by atoms with Gasteiger partial charge in [-0.1, -0.05) is 35.9 Å². The van der Waals surface area contributed by atoms with Crippen LogP contribution in [0.2, 0.25) is 0 Å². The number of hydrogen-bond donors (Lipinski definition) is 1. The van der Waals surface area contributed by atoms with Crippen molar-refractivity contribution in [1.29, 1.82) is 0 Å². The third-order valence-electron chi connectivity index (χ3n) is 4.17. The SMILES string of the molecule is COc1ccc(C)cc1C(C)NCc1cccc(C)c1C. The monoisotopic (exact) mass is 283 g/mol. The zero-order valence-corrected chi connectivity index (χ0v) is 13.7. The first kappa shape index (κ1) is 15.6. The van der Waals surface area contributed by atoms with Crippen LogP contribution in [0.5, 0.6) is 5.75 Å². The van der Waals surface area contributed by atoms with Crippen molar-refractivity contribution in [3.05, 3.63) is 64.2 Å². The lowest BCUT2D eigenvalue weighted by Crippen LogP contribution is -2.19. The minimum absolute atomic E-state index is 0.250. The smallest absolute Gasteiger partial charge is 0.123 e. The van der Waals surface area contributed by atoms with Crippen molar-refractivity contribution >= 4 is 0 Å². The van der Waals surface area contributed by atoms with Gasteiger partial charge in [0.15, 0.2) is 0 Å². The third-order valence-corrected chi connectivity index (χ3v) is 4.17. The topological polar surface area (TPSA) is 21.3 Å². The summed E-state index contributed by atoms with van der Waals surface area (Å²) in [7, 11) is 1.73. The quantitative estimate of drug-likeness (QED) is 0.874. The second-order valence-corrected chi connectivity index (χ2v) is 5.71. The van der Waals surface area contributed by atoms with E-state index < -0.39 is 0 Å². The van der Waals surface area contributed by atoms with E-state index in [0.29, 0.717) is 0 Å². The second kappa shape index (κ2) is 6.77. The van der Waals surface area contributed by atoms with Crippen LogP contribution in [-0.4, -0.2) is 7.11 Å². The van der Waals surface area contributed by atoms with Gasteiger partial charge in [-0.3, -0.25) is 0 Å². The Labute approximate surface area is 128 Å². The van der Waals surface area contributed by atoms with Gasteiger partial charge >= 0.3 is 0 Å². The van der Waals surface area contributed by atoms with Crippen LogP contribution in [0.25, 0.3) is 0 Å². The van der Waals surface area contributed by atoms with Crippen LogP contribution in [0.15, 0.2) is 36.4 Å². The molecule has 0 aliphatic heterocycles. The molecule has 0 amide bonds. The predicted octanol–water partition coefficient (Wildman–Crippen LogP) is 4.47. The van der Waals surface area contributed by atoms with E-state index in [1.807, 2.05) is 6.07 Å². The highest BCUT2D eigenvalue weighted by atomic mass is 16.5. The zero-order valence-electron chi connectivity index (χ0n) is 13.7. The lowest BCUT2D eigenvalue weighted by atomic mass is 10.0. The van der Waals surface area contributed by atoms with E-state index in [4.69, 9.17) is 4.74 Å². The van der Waals surface area contributed by atoms with Crippen LogP contribution in [0.1, 0.15) is 40.8 Å². The third kappa shape index (κ3) is 3.64. The van der Waals surface area contributed by atoms with Crippen molar-refractivity contribution in [2.75, 3.05) is 7.11 Å². The lowest BCUT2D eigenvalue weighted by molar-refractivity contribution is 0.401. The van der Waals surface area contributed by atoms with E-state index >= 15 is 0 Å². The number of hydrogen-bond acceptors (Lipinski definition) is 2. The van der Waals surface area contributed by atoms with Crippen LogP contribution < -0.4 is 10.1 Å². The van der Waals surface area contributed by atoms with Gasteiger partial charge in [0.2, 0.25) is 0 Å². The molecular formula is C19H25NO. The first-order valence-corrected chi connectivity index (χ1v) is 7.46. The summed E-state index contributed by atoms with van der Waals surface area (Å²) in [5, 5.41) is 3.61. The molecule has 1 atom stereocenters. The fourth-order valence-electron chi connectivity index (χ4n) is 2.57. The minimum Gasteiger partial charge on any atom is -0.496 e. The Balaban J connectivity index is 2.13. The highest BCUT2D eigenvalue weighted by molar-refractivity contribution is 5.39. The first-order valence-electron chi connectivity index (χ1n) is 7.46. The molecule has 112 valence electrons. The number of benzene rings is 2. The highest BCUT2D eigenvalue weighted by Crippen LogP contribution is 2.26. The molecule has 0 spiro atoms. The number of methoxy groups -OCH3 is 1. The van der Waals surface area contributed by atoms with E-state index in [1.54, 1.807) is 7.11 Å². The maximum Gasteiger partial charge on any atom is 0.123 e. The number of ether oxygens (including phenoxy) is 1. The predicted molar refractivity (Wildman–Crippen MR) is 88.9 cm³/mol. The molecule has 0 heterocycles. The van der Waals surface area contributed by atoms with Crippen LogP contribution >= 0.6 is 0 Å². The van der Waals surface area contributed by atoms with Crippen molar-refractivity contribution in [2.24, 2.45) is 0 Å². The summed E-state index contributed by atoms with van der Waals surface area (Å²) >= 11 is 0. The molecule has 1 N–H and O–H groups in total. The second-order valence-electron chi connectivity index (χ2n) is 5.71. The van der Waals surface area contributed by atoms with E-state index in [2.05, 4.69) is 63.3 Å². The summed E-state index contributed by atoms with van der Waals surface area (Å²) in [5.74, 6) is 0.946. The van der Waals surface area contributed by atoms with Crippen LogP contribution in [0.4, 0.5) is 0 Å². The Morgan fingerprint density at radius 2 is 1.86 bits per heavy atom. The molecule has 0 saturated carbocycles. The van der Waals surface area contributed by atoms with E-state index in [1.165, 1.54) is 27.8 Å². The van der Waals surface area contributed by atoms with Crippen molar-refractivity contribution in [1.82, 2.24) is 5.32 Å². The summed E-state index contributed by atoms with van der Waals surface area (Å²) in [6.07, 6.45) is 0. The van der Waals surface area contributed by atoms with Gasteiger partial charge in [0.05, 0.1) is 7.11 Å². The van der Waals surface area contributed by atoms with Gasteiger partial charge in [-0.15, -0.1) is 0 Å². The van der Waals surface area contributed by atoms with Crippen molar-refractivity contribution < 1.29 is 4.74 Å². The molecule has 2 nitrogen and oxygen atoms in total. The van der Waals surface area contributed by atoms with Gasteiger partial charge in [0.25, 0.3) is 0 Å². The van der Waals surface area contributed by atoms with E-state index in [9.17, 15) is 0 Å². The largest absolute Gasteiger partial charge is 0.496 e. The summed E-state index contributed by atoms with van der Waals surface area (Å²) < 4.78 is 5.48. The summed E-state index contributed by atoms with van der Waals surface area (Å²) in [6.45, 7) is 9.50. The van der Waals surface area contributed by atoms with Crippen molar-refractivity contribution in [3.8, 4) is 5.75 Å². The molecule has 0 saturated heterocycles. The Bertz CT molecular complexity index is 619. The normalized spacial score (nSPS) is 12.2. The molecule has 0 aromatic heterocycles. The van der Waals surface area contributed by atoms with E-state index in [-0.39, 0.29) is 6.04 Å². The lowest BCUT2D eigenvalue weighted by Gasteiger charge is -2.19. The first-order chi connectivity index (χ1) is 10.0. The fraction of sp³-hybridized carbons (Fsp3) is 0.368. The molecule has 0 aliphatic carbocycles. The molecule has 2 heteroatoms. The van der Waals surface area contributed by atoms with E-state index in [0.717, 1.165) is 12.3 Å². The van der Waals surface area contributed by atoms with Gasteiger partial charge in [0, 0.05) is 18.2 Å². The van der Waals surface area contributed by atoms with Gasteiger partial charge < -0.3 is 10.1 Å². The standard InChI is InChI=1S/C19H25NO/c1-13-9-10-19(21-5)18(11-13)16(4)20-12-17-8-6-7-14(2)15(17)3/h6-11,16,20H,12H2,1-5H3. The summed E-state index contributed by atoms with van der Waals surface area (Å²) in [6, 6.07) is 13.0. The Morgan fingerprint density at radius 1 is 1.10 bits per heavy atom. The molecule has 0 radical (unpaired) electrons. The Kier molecular flexibility index (Phi) is 5.03. The summed E-state index contributed by atoms with van der Waals surface area (Å²) in [4.78, 5) is 0. The van der Waals surface area contributed by atoms with Crippen LogP contribution in [0.3, 0.4) is 0 Å². The van der Waals surface area contributed by atoms with Crippen molar-refractivity contribution in [2.45, 2.75) is 40.3 Å². The number of nitrogens with one attached hydrogen (secondary N) is 1. The maximum absolute atomic E-state index is 5.48. The highest BCUT2D eigenvalue weighted by Gasteiger charge is 2.12. The fourth-order valence-corrected chi connectivity index (χ4v) is 2.57. The molecular weight excluding hydrogens is 258 g/mol. The van der Waals surface area contributed by atoms with Gasteiger partial charge in [-0.25, -0.2) is 0 Å². The van der Waals surface area contributed by atoms with Gasteiger partial charge in [-0.2, -0.15) is 0 Å². The number of rotatable bonds is 5.